The normalized spacial score (nSPS) is 35.4. The van der Waals surface area contributed by atoms with Crippen LogP contribution in [0, 0.1) is 23.7 Å². The van der Waals surface area contributed by atoms with Gasteiger partial charge in [0.2, 0.25) is 0 Å². The lowest BCUT2D eigenvalue weighted by molar-refractivity contribution is -0.478. The summed E-state index contributed by atoms with van der Waals surface area (Å²) in [5.74, 6) is 2.21. The Morgan fingerprint density at radius 1 is 1.22 bits per heavy atom. The molecule has 3 heteroatoms. The van der Waals surface area contributed by atoms with Crippen LogP contribution >= 0.6 is 0 Å². The fourth-order valence-corrected chi connectivity index (χ4v) is 2.75. The van der Waals surface area contributed by atoms with Gasteiger partial charge in [-0.15, -0.1) is 12.3 Å². The highest BCUT2D eigenvalue weighted by molar-refractivity contribution is 4.90. The first-order valence-corrected chi connectivity index (χ1v) is 6.86. The number of ether oxygens (including phenoxy) is 3. The number of unbranched alkanes of at least 4 members (excludes halogenated alkanes) is 2. The number of hydrogen-bond donors (Lipinski definition) is 0. The van der Waals surface area contributed by atoms with E-state index in [0.717, 1.165) is 38.9 Å². The Hall–Kier alpha value is -0.560. The molecule has 0 saturated carbocycles. The lowest BCUT2D eigenvalue weighted by Gasteiger charge is -2.53. The van der Waals surface area contributed by atoms with Crippen molar-refractivity contribution in [3.63, 3.8) is 0 Å². The van der Waals surface area contributed by atoms with Crippen LogP contribution in [0.15, 0.2) is 0 Å². The first-order valence-electron chi connectivity index (χ1n) is 6.86. The Morgan fingerprint density at radius 2 is 1.89 bits per heavy atom. The molecule has 3 aliphatic heterocycles. The lowest BCUT2D eigenvalue weighted by Crippen LogP contribution is -2.61. The van der Waals surface area contributed by atoms with Gasteiger partial charge in [0.05, 0.1) is 19.3 Å². The van der Waals surface area contributed by atoms with E-state index in [-0.39, 0.29) is 11.5 Å². The summed E-state index contributed by atoms with van der Waals surface area (Å²) in [6.45, 7) is 8.13. The summed E-state index contributed by atoms with van der Waals surface area (Å²) in [7, 11) is 0. The Bertz CT molecular complexity index is 316. The summed E-state index contributed by atoms with van der Waals surface area (Å²) in [6, 6.07) is 0. The molecule has 0 N–H and O–H groups in total. The first kappa shape index (κ1) is 13.9. The fourth-order valence-electron chi connectivity index (χ4n) is 2.75. The summed E-state index contributed by atoms with van der Waals surface area (Å²) < 4.78 is 17.7. The molecule has 3 nitrogen and oxygen atoms in total. The van der Waals surface area contributed by atoms with E-state index in [0.29, 0.717) is 5.92 Å². The van der Waals surface area contributed by atoms with Gasteiger partial charge in [0, 0.05) is 18.8 Å². The predicted molar refractivity (Wildman–Crippen MR) is 69.8 cm³/mol. The number of hydrogen-bond acceptors (Lipinski definition) is 3. The molecular weight excluding hydrogens is 228 g/mol. The van der Waals surface area contributed by atoms with Crippen LogP contribution in [0.5, 0.6) is 0 Å². The average Bonchev–Trinajstić information content (AvgIpc) is 2.35. The Kier molecular flexibility index (Phi) is 4.01. The average molecular weight is 252 g/mol. The van der Waals surface area contributed by atoms with Crippen LogP contribution in [0.25, 0.3) is 0 Å². The minimum absolute atomic E-state index is 0.127. The van der Waals surface area contributed by atoms with Crippen molar-refractivity contribution in [2.45, 2.75) is 58.5 Å². The molecule has 0 aromatic rings. The van der Waals surface area contributed by atoms with Crippen LogP contribution in [0.4, 0.5) is 0 Å². The van der Waals surface area contributed by atoms with Gasteiger partial charge in [-0.2, -0.15) is 0 Å². The predicted octanol–water partition coefficient (Wildman–Crippen LogP) is 2.94. The van der Waals surface area contributed by atoms with E-state index in [2.05, 4.69) is 26.7 Å². The topological polar surface area (TPSA) is 27.7 Å². The van der Waals surface area contributed by atoms with Crippen molar-refractivity contribution in [1.82, 2.24) is 0 Å². The second-order valence-corrected chi connectivity index (χ2v) is 6.38. The second kappa shape index (κ2) is 5.21. The zero-order chi connectivity index (χ0) is 13.2. The number of rotatable bonds is 4. The molecule has 2 bridgehead atoms. The smallest absolute Gasteiger partial charge is 0.283 e. The lowest BCUT2D eigenvalue weighted by atomic mass is 9.80. The maximum atomic E-state index is 6.12. The van der Waals surface area contributed by atoms with Crippen molar-refractivity contribution in [1.29, 1.82) is 0 Å². The van der Waals surface area contributed by atoms with E-state index in [1.165, 1.54) is 0 Å². The van der Waals surface area contributed by atoms with Crippen LogP contribution < -0.4 is 0 Å². The van der Waals surface area contributed by atoms with Gasteiger partial charge >= 0.3 is 0 Å². The third kappa shape index (κ3) is 2.88. The van der Waals surface area contributed by atoms with Crippen molar-refractivity contribution in [3.8, 4) is 12.3 Å². The highest BCUT2D eigenvalue weighted by Crippen LogP contribution is 2.43. The third-order valence-corrected chi connectivity index (χ3v) is 3.68. The van der Waals surface area contributed by atoms with Crippen molar-refractivity contribution >= 4 is 0 Å². The summed E-state index contributed by atoms with van der Waals surface area (Å²) in [4.78, 5) is 0. The Morgan fingerprint density at radius 3 is 2.44 bits per heavy atom. The molecule has 3 saturated heterocycles. The van der Waals surface area contributed by atoms with Gasteiger partial charge in [-0.05, 0) is 18.3 Å². The van der Waals surface area contributed by atoms with Gasteiger partial charge in [0.1, 0.15) is 0 Å². The highest BCUT2D eigenvalue weighted by atomic mass is 16.9. The molecule has 0 aromatic heterocycles. The molecule has 0 radical (unpaired) electrons. The summed E-state index contributed by atoms with van der Waals surface area (Å²) in [5.41, 5.74) is 0.127. The molecule has 0 aliphatic carbocycles. The van der Waals surface area contributed by atoms with Gasteiger partial charge in [-0.3, -0.25) is 0 Å². The zero-order valence-corrected chi connectivity index (χ0v) is 11.7. The minimum Gasteiger partial charge on any atom is -0.327 e. The van der Waals surface area contributed by atoms with E-state index in [9.17, 15) is 0 Å². The van der Waals surface area contributed by atoms with Gasteiger partial charge < -0.3 is 14.2 Å². The Labute approximate surface area is 110 Å². The number of terminal acetylenes is 1. The maximum Gasteiger partial charge on any atom is 0.283 e. The fraction of sp³-hybridized carbons (Fsp3) is 0.867. The standard InChI is InChI=1S/C15H24O3/c1-5-6-7-8-9-15-16-10-12(11-17-15)13(18-15)14(2,3)4/h1,12-13H,6-11H2,2-4H3. The maximum absolute atomic E-state index is 6.12. The molecule has 18 heavy (non-hydrogen) atoms. The van der Waals surface area contributed by atoms with Gasteiger partial charge in [-0.25, -0.2) is 0 Å². The van der Waals surface area contributed by atoms with Crippen molar-refractivity contribution in [2.24, 2.45) is 11.3 Å². The summed E-state index contributed by atoms with van der Waals surface area (Å²) >= 11 is 0. The molecule has 1 atom stereocenters. The van der Waals surface area contributed by atoms with Crippen LogP contribution in [-0.2, 0) is 14.2 Å². The zero-order valence-electron chi connectivity index (χ0n) is 11.7. The second-order valence-electron chi connectivity index (χ2n) is 6.38. The monoisotopic (exact) mass is 252 g/mol. The van der Waals surface area contributed by atoms with Crippen LogP contribution in [0.1, 0.15) is 46.5 Å². The van der Waals surface area contributed by atoms with E-state index in [4.69, 9.17) is 20.6 Å². The molecule has 3 heterocycles. The van der Waals surface area contributed by atoms with Crippen LogP contribution in [-0.4, -0.2) is 25.3 Å². The van der Waals surface area contributed by atoms with E-state index < -0.39 is 5.97 Å². The van der Waals surface area contributed by atoms with Crippen molar-refractivity contribution < 1.29 is 14.2 Å². The SMILES string of the molecule is C#CCCCCC12OCC(CO1)C(C(C)(C)C)O2. The van der Waals surface area contributed by atoms with Crippen LogP contribution in [0.2, 0.25) is 0 Å². The van der Waals surface area contributed by atoms with Crippen molar-refractivity contribution in [3.05, 3.63) is 0 Å². The molecule has 0 spiro atoms. The molecule has 3 rings (SSSR count). The van der Waals surface area contributed by atoms with Crippen LogP contribution in [0.3, 0.4) is 0 Å². The highest BCUT2D eigenvalue weighted by Gasteiger charge is 2.52. The quantitative estimate of drug-likeness (QED) is 0.569. The molecule has 0 aromatic carbocycles. The van der Waals surface area contributed by atoms with E-state index >= 15 is 0 Å². The van der Waals surface area contributed by atoms with Gasteiger partial charge in [0.15, 0.2) is 0 Å². The molecule has 1 unspecified atom stereocenters. The van der Waals surface area contributed by atoms with Gasteiger partial charge in [0.25, 0.3) is 5.97 Å². The van der Waals surface area contributed by atoms with E-state index in [1.807, 2.05) is 0 Å². The summed E-state index contributed by atoms with van der Waals surface area (Å²) in [6.07, 6.45) is 9.03. The van der Waals surface area contributed by atoms with E-state index in [1.54, 1.807) is 0 Å². The van der Waals surface area contributed by atoms with Gasteiger partial charge in [-0.1, -0.05) is 20.8 Å². The number of fused-ring (bicyclic) bond motifs is 3. The minimum atomic E-state index is -0.804. The molecule has 0 amide bonds. The molecule has 3 fully saturated rings. The molecular formula is C15H24O3. The summed E-state index contributed by atoms with van der Waals surface area (Å²) in [5, 5.41) is 0. The largest absolute Gasteiger partial charge is 0.327 e. The first-order chi connectivity index (χ1) is 8.47. The molecule has 3 aliphatic rings. The third-order valence-electron chi connectivity index (χ3n) is 3.68. The molecule has 102 valence electrons. The Balaban J connectivity index is 1.94. The van der Waals surface area contributed by atoms with Crippen molar-refractivity contribution in [2.75, 3.05) is 13.2 Å².